The first-order valence-electron chi connectivity index (χ1n) is 6.63. The first-order valence-corrected chi connectivity index (χ1v) is 6.63. The third-order valence-corrected chi connectivity index (χ3v) is 2.64. The molecular weight excluding hydrogens is 226 g/mol. The predicted molar refractivity (Wildman–Crippen MR) is 74.3 cm³/mol. The summed E-state index contributed by atoms with van der Waals surface area (Å²) in [6, 6.07) is 7.89. The SMILES string of the molecule is CCC(=O)c1ccc(OCCCNC(C)C)cc1. The van der Waals surface area contributed by atoms with Gasteiger partial charge in [0, 0.05) is 18.0 Å². The first kappa shape index (κ1) is 14.7. The Morgan fingerprint density at radius 2 is 1.94 bits per heavy atom. The summed E-state index contributed by atoms with van der Waals surface area (Å²) in [5.74, 6) is 0.995. The fourth-order valence-corrected chi connectivity index (χ4v) is 1.59. The molecule has 0 aliphatic rings. The molecule has 100 valence electrons. The zero-order valence-corrected chi connectivity index (χ0v) is 11.5. The molecule has 0 bridgehead atoms. The number of Topliss-reactive ketones (excluding diaryl/α,β-unsaturated/α-hetero) is 1. The molecule has 1 rings (SSSR count). The van der Waals surface area contributed by atoms with Crippen LogP contribution in [0.5, 0.6) is 5.75 Å². The number of carbonyl (C=O) groups excluding carboxylic acids is 1. The van der Waals surface area contributed by atoms with Gasteiger partial charge in [0.2, 0.25) is 0 Å². The van der Waals surface area contributed by atoms with Crippen molar-refractivity contribution in [2.24, 2.45) is 0 Å². The summed E-state index contributed by atoms with van der Waals surface area (Å²) in [4.78, 5) is 11.4. The van der Waals surface area contributed by atoms with E-state index in [1.807, 2.05) is 31.2 Å². The highest BCUT2D eigenvalue weighted by Crippen LogP contribution is 2.13. The molecule has 0 saturated heterocycles. The van der Waals surface area contributed by atoms with Gasteiger partial charge in [-0.05, 0) is 37.2 Å². The van der Waals surface area contributed by atoms with Gasteiger partial charge in [0.05, 0.1) is 6.61 Å². The Morgan fingerprint density at radius 1 is 1.28 bits per heavy atom. The lowest BCUT2D eigenvalue weighted by molar-refractivity contribution is 0.0988. The molecule has 0 heterocycles. The average molecular weight is 249 g/mol. The number of ketones is 1. The molecule has 1 N–H and O–H groups in total. The molecule has 1 aromatic rings. The zero-order valence-electron chi connectivity index (χ0n) is 11.5. The smallest absolute Gasteiger partial charge is 0.162 e. The molecule has 0 aliphatic heterocycles. The maximum absolute atomic E-state index is 11.4. The Kier molecular flexibility index (Phi) is 6.44. The summed E-state index contributed by atoms with van der Waals surface area (Å²) < 4.78 is 5.60. The van der Waals surface area contributed by atoms with Crippen molar-refractivity contribution in [2.75, 3.05) is 13.2 Å². The standard InChI is InChI=1S/C15H23NO2/c1-4-15(17)13-6-8-14(9-7-13)18-11-5-10-16-12(2)3/h6-9,12,16H,4-5,10-11H2,1-3H3. The van der Waals surface area contributed by atoms with Crippen LogP contribution in [0.2, 0.25) is 0 Å². The maximum Gasteiger partial charge on any atom is 0.162 e. The Balaban J connectivity index is 2.29. The average Bonchev–Trinajstić information content (AvgIpc) is 2.38. The van der Waals surface area contributed by atoms with Gasteiger partial charge in [0.1, 0.15) is 5.75 Å². The van der Waals surface area contributed by atoms with Crippen LogP contribution in [0.3, 0.4) is 0 Å². The fourth-order valence-electron chi connectivity index (χ4n) is 1.59. The molecular formula is C15H23NO2. The van der Waals surface area contributed by atoms with E-state index in [2.05, 4.69) is 19.2 Å². The maximum atomic E-state index is 11.4. The monoisotopic (exact) mass is 249 g/mol. The number of benzene rings is 1. The molecule has 0 spiro atoms. The van der Waals surface area contributed by atoms with E-state index in [0.29, 0.717) is 19.1 Å². The van der Waals surface area contributed by atoms with E-state index < -0.39 is 0 Å². The van der Waals surface area contributed by atoms with Crippen molar-refractivity contribution in [2.45, 2.75) is 39.7 Å². The van der Waals surface area contributed by atoms with Crippen LogP contribution < -0.4 is 10.1 Å². The van der Waals surface area contributed by atoms with E-state index in [9.17, 15) is 4.79 Å². The van der Waals surface area contributed by atoms with Crippen molar-refractivity contribution in [1.29, 1.82) is 0 Å². The van der Waals surface area contributed by atoms with E-state index in [0.717, 1.165) is 24.3 Å². The molecule has 1 aromatic carbocycles. The zero-order chi connectivity index (χ0) is 13.4. The van der Waals surface area contributed by atoms with Crippen molar-refractivity contribution < 1.29 is 9.53 Å². The first-order chi connectivity index (χ1) is 8.63. The Morgan fingerprint density at radius 3 is 2.50 bits per heavy atom. The molecule has 0 atom stereocenters. The minimum Gasteiger partial charge on any atom is -0.494 e. The summed E-state index contributed by atoms with van der Waals surface area (Å²) in [5.41, 5.74) is 0.756. The lowest BCUT2D eigenvalue weighted by Crippen LogP contribution is -2.24. The largest absolute Gasteiger partial charge is 0.494 e. The molecule has 0 fully saturated rings. The molecule has 0 unspecified atom stereocenters. The highest BCUT2D eigenvalue weighted by atomic mass is 16.5. The van der Waals surface area contributed by atoms with Gasteiger partial charge in [-0.1, -0.05) is 20.8 Å². The number of hydrogen-bond acceptors (Lipinski definition) is 3. The van der Waals surface area contributed by atoms with Crippen LogP contribution in [0, 0.1) is 0 Å². The van der Waals surface area contributed by atoms with Gasteiger partial charge in [0.25, 0.3) is 0 Å². The Labute approximate surface area is 110 Å². The van der Waals surface area contributed by atoms with Crippen LogP contribution in [-0.2, 0) is 0 Å². The quantitative estimate of drug-likeness (QED) is 0.568. The van der Waals surface area contributed by atoms with E-state index in [1.165, 1.54) is 0 Å². The number of hydrogen-bond donors (Lipinski definition) is 1. The van der Waals surface area contributed by atoms with Gasteiger partial charge < -0.3 is 10.1 Å². The number of nitrogens with one attached hydrogen (secondary N) is 1. The minimum atomic E-state index is 0.169. The predicted octanol–water partition coefficient (Wildman–Crippen LogP) is 3.05. The second-order valence-electron chi connectivity index (χ2n) is 4.61. The van der Waals surface area contributed by atoms with Crippen LogP contribution in [0.1, 0.15) is 44.0 Å². The third kappa shape index (κ3) is 5.32. The molecule has 3 heteroatoms. The second kappa shape index (κ2) is 7.88. The minimum absolute atomic E-state index is 0.169. The van der Waals surface area contributed by atoms with Crippen molar-refractivity contribution in [1.82, 2.24) is 5.32 Å². The molecule has 0 aromatic heterocycles. The summed E-state index contributed by atoms with van der Waals surface area (Å²) in [7, 11) is 0. The normalized spacial score (nSPS) is 10.7. The Hall–Kier alpha value is -1.35. The van der Waals surface area contributed by atoms with Gasteiger partial charge in [-0.25, -0.2) is 0 Å². The molecule has 18 heavy (non-hydrogen) atoms. The molecule has 0 saturated carbocycles. The molecule has 0 amide bonds. The number of carbonyl (C=O) groups is 1. The highest BCUT2D eigenvalue weighted by molar-refractivity contribution is 5.95. The van der Waals surface area contributed by atoms with E-state index >= 15 is 0 Å². The van der Waals surface area contributed by atoms with Crippen molar-refractivity contribution >= 4 is 5.78 Å². The van der Waals surface area contributed by atoms with Gasteiger partial charge in [-0.2, -0.15) is 0 Å². The lowest BCUT2D eigenvalue weighted by Gasteiger charge is -2.09. The van der Waals surface area contributed by atoms with Crippen LogP contribution >= 0.6 is 0 Å². The summed E-state index contributed by atoms with van der Waals surface area (Å²) in [6.07, 6.45) is 1.52. The van der Waals surface area contributed by atoms with Gasteiger partial charge in [-0.3, -0.25) is 4.79 Å². The molecule has 0 radical (unpaired) electrons. The van der Waals surface area contributed by atoms with Gasteiger partial charge in [0.15, 0.2) is 5.78 Å². The summed E-state index contributed by atoms with van der Waals surface area (Å²) in [6.45, 7) is 7.79. The van der Waals surface area contributed by atoms with Gasteiger partial charge in [-0.15, -0.1) is 0 Å². The van der Waals surface area contributed by atoms with Crippen LogP contribution in [0.4, 0.5) is 0 Å². The second-order valence-corrected chi connectivity index (χ2v) is 4.61. The number of ether oxygens (including phenoxy) is 1. The van der Waals surface area contributed by atoms with Crippen LogP contribution in [0.25, 0.3) is 0 Å². The third-order valence-electron chi connectivity index (χ3n) is 2.64. The van der Waals surface area contributed by atoms with E-state index in [4.69, 9.17) is 4.74 Å². The summed E-state index contributed by atoms with van der Waals surface area (Å²) >= 11 is 0. The molecule has 3 nitrogen and oxygen atoms in total. The van der Waals surface area contributed by atoms with E-state index in [-0.39, 0.29) is 5.78 Å². The number of rotatable bonds is 8. The fraction of sp³-hybridized carbons (Fsp3) is 0.533. The van der Waals surface area contributed by atoms with E-state index in [1.54, 1.807) is 0 Å². The highest BCUT2D eigenvalue weighted by Gasteiger charge is 2.02. The van der Waals surface area contributed by atoms with Crippen LogP contribution in [0.15, 0.2) is 24.3 Å². The summed E-state index contributed by atoms with van der Waals surface area (Å²) in [5, 5.41) is 3.34. The topological polar surface area (TPSA) is 38.3 Å². The Bertz CT molecular complexity index is 357. The van der Waals surface area contributed by atoms with Crippen molar-refractivity contribution in [3.05, 3.63) is 29.8 Å². The van der Waals surface area contributed by atoms with Crippen molar-refractivity contribution in [3.63, 3.8) is 0 Å². The van der Waals surface area contributed by atoms with Crippen molar-refractivity contribution in [3.8, 4) is 5.75 Å². The van der Waals surface area contributed by atoms with Gasteiger partial charge >= 0.3 is 0 Å². The lowest BCUT2D eigenvalue weighted by atomic mass is 10.1. The van der Waals surface area contributed by atoms with Crippen LogP contribution in [-0.4, -0.2) is 25.0 Å². The molecule has 0 aliphatic carbocycles.